The molecule has 1 aliphatic heterocycles. The van der Waals surface area contributed by atoms with Crippen LogP contribution >= 0.6 is 11.6 Å². The molecule has 1 fully saturated rings. The number of alkyl halides is 2. The fraction of sp³-hybridized carbons (Fsp3) is 0.400. The smallest absolute Gasteiger partial charge is 0.341 e. The van der Waals surface area contributed by atoms with Crippen LogP contribution in [0.4, 0.5) is 8.78 Å². The molecule has 0 unspecified atom stereocenters. The minimum atomic E-state index is -4.54. The monoisotopic (exact) mass is 444 g/mol. The molecule has 0 spiro atoms. The molecule has 0 radical (unpaired) electrons. The average Bonchev–Trinajstić information content (AvgIpc) is 2.71. The van der Waals surface area contributed by atoms with Gasteiger partial charge in [0.25, 0.3) is 0 Å². The first kappa shape index (κ1) is 22.0. The summed E-state index contributed by atoms with van der Waals surface area (Å²) in [7, 11) is -4.54. The van der Waals surface area contributed by atoms with E-state index in [0.717, 1.165) is 38.3 Å². The van der Waals surface area contributed by atoms with Crippen LogP contribution in [0.1, 0.15) is 5.56 Å². The molecule has 2 aromatic carbocycles. The first-order valence-electron chi connectivity index (χ1n) is 9.29. The normalized spacial score (nSPS) is 16.3. The molecular weight excluding hydrogens is 422 g/mol. The largest absolute Gasteiger partial charge is 0.491 e. The lowest BCUT2D eigenvalue weighted by Crippen LogP contribution is -2.47. The standard InChI is InChI=1S/C20H23ClF2N2O3S/c21-18-3-1-2-4-19(18)28-14-13-24-9-11-25(12-10-24)15-16-5-7-17(8-6-16)29(26,27)20(22)23/h1-8,20H,9-15H2. The van der Waals surface area contributed by atoms with Crippen molar-refractivity contribution in [3.8, 4) is 5.75 Å². The van der Waals surface area contributed by atoms with Gasteiger partial charge in [-0.1, -0.05) is 35.9 Å². The maximum absolute atomic E-state index is 12.6. The van der Waals surface area contributed by atoms with Crippen LogP contribution in [-0.4, -0.2) is 63.3 Å². The summed E-state index contributed by atoms with van der Waals surface area (Å²) in [5.41, 5.74) is 0.897. The van der Waals surface area contributed by atoms with Crippen LogP contribution < -0.4 is 4.74 Å². The zero-order valence-corrected chi connectivity index (χ0v) is 17.4. The van der Waals surface area contributed by atoms with E-state index in [1.807, 2.05) is 18.2 Å². The Hall–Kier alpha value is -1.74. The van der Waals surface area contributed by atoms with Crippen molar-refractivity contribution < 1.29 is 21.9 Å². The Morgan fingerprint density at radius 3 is 2.21 bits per heavy atom. The number of benzene rings is 2. The number of para-hydroxylation sites is 1. The number of ether oxygens (including phenoxy) is 1. The molecule has 9 heteroatoms. The van der Waals surface area contributed by atoms with Gasteiger partial charge in [0.05, 0.1) is 9.92 Å². The summed E-state index contributed by atoms with van der Waals surface area (Å²) in [4.78, 5) is 4.22. The summed E-state index contributed by atoms with van der Waals surface area (Å²) >= 11 is 6.08. The van der Waals surface area contributed by atoms with Crippen LogP contribution in [0.5, 0.6) is 5.75 Å². The first-order chi connectivity index (χ1) is 13.9. The van der Waals surface area contributed by atoms with Gasteiger partial charge < -0.3 is 4.74 Å². The lowest BCUT2D eigenvalue weighted by atomic mass is 10.2. The summed E-state index contributed by atoms with van der Waals surface area (Å²) in [5.74, 6) is -2.71. The van der Waals surface area contributed by atoms with Gasteiger partial charge in [-0.05, 0) is 29.8 Å². The van der Waals surface area contributed by atoms with Crippen molar-refractivity contribution in [2.45, 2.75) is 17.2 Å². The third kappa shape index (κ3) is 5.88. The topological polar surface area (TPSA) is 49.9 Å². The summed E-state index contributed by atoms with van der Waals surface area (Å²) in [6.45, 7) is 5.53. The predicted molar refractivity (Wildman–Crippen MR) is 108 cm³/mol. The fourth-order valence-electron chi connectivity index (χ4n) is 3.16. The van der Waals surface area contributed by atoms with Gasteiger partial charge in [0.1, 0.15) is 12.4 Å². The van der Waals surface area contributed by atoms with Crippen LogP contribution in [0.3, 0.4) is 0 Å². The van der Waals surface area contributed by atoms with Crippen LogP contribution in [0, 0.1) is 0 Å². The van der Waals surface area contributed by atoms with Gasteiger partial charge in [-0.2, -0.15) is 8.78 Å². The SMILES string of the molecule is O=S(=O)(c1ccc(CN2CCN(CCOc3ccccc3Cl)CC2)cc1)C(F)F. The van der Waals surface area contributed by atoms with Crippen molar-refractivity contribution in [3.63, 3.8) is 0 Å². The third-order valence-corrected chi connectivity index (χ3v) is 6.57. The number of hydrogen-bond acceptors (Lipinski definition) is 5. The molecule has 0 aliphatic carbocycles. The molecule has 0 amide bonds. The molecule has 3 rings (SSSR count). The van der Waals surface area contributed by atoms with Crippen molar-refractivity contribution in [1.29, 1.82) is 0 Å². The molecule has 1 aliphatic rings. The lowest BCUT2D eigenvalue weighted by Gasteiger charge is -2.34. The number of halogens is 3. The maximum Gasteiger partial charge on any atom is 0.341 e. The van der Waals surface area contributed by atoms with E-state index in [1.165, 1.54) is 12.1 Å². The number of sulfone groups is 1. The van der Waals surface area contributed by atoms with E-state index >= 15 is 0 Å². The van der Waals surface area contributed by atoms with Gasteiger partial charge in [-0.3, -0.25) is 9.80 Å². The Morgan fingerprint density at radius 1 is 0.966 bits per heavy atom. The molecule has 0 N–H and O–H groups in total. The summed E-state index contributed by atoms with van der Waals surface area (Å²) < 4.78 is 53.9. The molecule has 0 bridgehead atoms. The third-order valence-electron chi connectivity index (χ3n) is 4.86. The van der Waals surface area contributed by atoms with Crippen molar-refractivity contribution >= 4 is 21.4 Å². The molecule has 158 valence electrons. The molecule has 29 heavy (non-hydrogen) atoms. The van der Waals surface area contributed by atoms with Crippen LogP contribution in [0.15, 0.2) is 53.4 Å². The van der Waals surface area contributed by atoms with Crippen molar-refractivity contribution in [3.05, 3.63) is 59.1 Å². The molecule has 2 aromatic rings. The predicted octanol–water partition coefficient (Wildman–Crippen LogP) is 3.53. The van der Waals surface area contributed by atoms with Crippen molar-refractivity contribution in [2.75, 3.05) is 39.3 Å². The summed E-state index contributed by atoms with van der Waals surface area (Å²) in [6.07, 6.45) is 0. The second-order valence-electron chi connectivity index (χ2n) is 6.85. The van der Waals surface area contributed by atoms with E-state index in [-0.39, 0.29) is 4.90 Å². The number of rotatable bonds is 8. The fourth-order valence-corrected chi connectivity index (χ4v) is 4.07. The molecule has 0 aromatic heterocycles. The zero-order chi connectivity index (χ0) is 20.9. The minimum absolute atomic E-state index is 0.348. The summed E-state index contributed by atoms with van der Waals surface area (Å²) in [5, 5.41) is 0.602. The molecule has 0 saturated carbocycles. The first-order valence-corrected chi connectivity index (χ1v) is 11.2. The number of piperazine rings is 1. The average molecular weight is 445 g/mol. The van der Waals surface area contributed by atoms with Gasteiger partial charge >= 0.3 is 5.76 Å². The van der Waals surface area contributed by atoms with Gasteiger partial charge in [-0.25, -0.2) is 8.42 Å². The Kier molecular flexibility index (Phi) is 7.45. The molecular formula is C20H23ClF2N2O3S. The van der Waals surface area contributed by atoms with E-state index in [9.17, 15) is 17.2 Å². The highest BCUT2D eigenvalue weighted by atomic mass is 35.5. The van der Waals surface area contributed by atoms with Crippen LogP contribution in [-0.2, 0) is 16.4 Å². The van der Waals surface area contributed by atoms with Gasteiger partial charge in [0, 0.05) is 39.3 Å². The Bertz CT molecular complexity index is 902. The van der Waals surface area contributed by atoms with Crippen molar-refractivity contribution in [2.24, 2.45) is 0 Å². The number of hydrogen-bond donors (Lipinski definition) is 0. The van der Waals surface area contributed by atoms with E-state index in [1.54, 1.807) is 18.2 Å². The zero-order valence-electron chi connectivity index (χ0n) is 15.8. The molecule has 1 saturated heterocycles. The number of nitrogens with zero attached hydrogens (tertiary/aromatic N) is 2. The Morgan fingerprint density at radius 2 is 1.59 bits per heavy atom. The Balaban J connectivity index is 1.42. The van der Waals surface area contributed by atoms with Gasteiger partial charge in [0.15, 0.2) is 0 Å². The van der Waals surface area contributed by atoms with Crippen molar-refractivity contribution in [1.82, 2.24) is 9.80 Å². The van der Waals surface area contributed by atoms with Crippen LogP contribution in [0.25, 0.3) is 0 Å². The lowest BCUT2D eigenvalue weighted by molar-refractivity contribution is 0.112. The van der Waals surface area contributed by atoms with Crippen LogP contribution in [0.2, 0.25) is 5.02 Å². The summed E-state index contributed by atoms with van der Waals surface area (Å²) in [6, 6.07) is 13.1. The van der Waals surface area contributed by atoms with Gasteiger partial charge in [-0.15, -0.1) is 0 Å². The van der Waals surface area contributed by atoms with E-state index in [2.05, 4.69) is 9.80 Å². The minimum Gasteiger partial charge on any atom is -0.491 e. The highest BCUT2D eigenvalue weighted by Gasteiger charge is 2.26. The maximum atomic E-state index is 12.6. The van der Waals surface area contributed by atoms with E-state index in [4.69, 9.17) is 16.3 Å². The molecule has 1 heterocycles. The Labute approximate surface area is 174 Å². The van der Waals surface area contributed by atoms with Gasteiger partial charge in [0.2, 0.25) is 9.84 Å². The van der Waals surface area contributed by atoms with E-state index < -0.39 is 15.6 Å². The molecule has 0 atom stereocenters. The second kappa shape index (κ2) is 9.84. The van der Waals surface area contributed by atoms with E-state index in [0.29, 0.717) is 23.9 Å². The quantitative estimate of drug-likeness (QED) is 0.623. The highest BCUT2D eigenvalue weighted by molar-refractivity contribution is 7.91. The second-order valence-corrected chi connectivity index (χ2v) is 9.17. The molecule has 5 nitrogen and oxygen atoms in total. The highest BCUT2D eigenvalue weighted by Crippen LogP contribution is 2.23.